The maximum atomic E-state index is 12.8. The lowest BCUT2D eigenvalue weighted by Crippen LogP contribution is -2.42. The Morgan fingerprint density at radius 3 is 2.77 bits per heavy atom. The maximum absolute atomic E-state index is 12.8. The molecule has 2 aromatic heterocycles. The number of likely N-dealkylation sites (tertiary alicyclic amines) is 1. The summed E-state index contributed by atoms with van der Waals surface area (Å²) in [5.74, 6) is 1.55. The molecule has 1 saturated heterocycles. The van der Waals surface area contributed by atoms with Gasteiger partial charge in [-0.15, -0.1) is 0 Å². The number of fused-ring (bicyclic) bond motifs is 1. The number of amides is 2. The topological polar surface area (TPSA) is 82.5 Å². The van der Waals surface area contributed by atoms with Gasteiger partial charge in [-0.1, -0.05) is 12.5 Å². The molecule has 8 nitrogen and oxygen atoms in total. The van der Waals surface area contributed by atoms with E-state index in [1.807, 2.05) is 25.1 Å². The average molecular weight is 423 g/mol. The Labute approximate surface area is 183 Å². The molecule has 0 bridgehead atoms. The van der Waals surface area contributed by atoms with E-state index in [9.17, 15) is 9.59 Å². The molecular weight excluding hydrogens is 392 g/mol. The zero-order valence-electron chi connectivity index (χ0n) is 18.5. The Kier molecular flexibility index (Phi) is 6.27. The number of aromatic nitrogens is 3. The summed E-state index contributed by atoms with van der Waals surface area (Å²) in [4.78, 5) is 44.9. The number of anilines is 1. The van der Waals surface area contributed by atoms with E-state index in [0.717, 1.165) is 42.8 Å². The van der Waals surface area contributed by atoms with Gasteiger partial charge in [-0.3, -0.25) is 24.4 Å². The molecule has 4 rings (SSSR count). The van der Waals surface area contributed by atoms with Crippen molar-refractivity contribution >= 4 is 17.6 Å². The van der Waals surface area contributed by atoms with Gasteiger partial charge in [0.15, 0.2) is 0 Å². The molecule has 4 heterocycles. The molecule has 2 aliphatic heterocycles. The number of piperidine rings is 1. The second-order valence-corrected chi connectivity index (χ2v) is 8.54. The van der Waals surface area contributed by atoms with Gasteiger partial charge in [0.05, 0.1) is 24.8 Å². The smallest absolute Gasteiger partial charge is 0.236 e. The van der Waals surface area contributed by atoms with Crippen LogP contribution in [0.2, 0.25) is 0 Å². The van der Waals surface area contributed by atoms with Crippen LogP contribution in [0.3, 0.4) is 0 Å². The van der Waals surface area contributed by atoms with Crippen LogP contribution < -0.4 is 4.90 Å². The Balaban J connectivity index is 1.68. The first-order valence-electron chi connectivity index (χ1n) is 11.0. The van der Waals surface area contributed by atoms with Crippen molar-refractivity contribution in [3.05, 3.63) is 47.2 Å². The third-order valence-electron chi connectivity index (χ3n) is 6.15. The van der Waals surface area contributed by atoms with Crippen LogP contribution in [-0.2, 0) is 22.6 Å². The summed E-state index contributed by atoms with van der Waals surface area (Å²) < 4.78 is 0. The van der Waals surface area contributed by atoms with Crippen LogP contribution in [0.5, 0.6) is 0 Å². The zero-order valence-corrected chi connectivity index (χ0v) is 18.5. The third kappa shape index (κ3) is 4.58. The summed E-state index contributed by atoms with van der Waals surface area (Å²) in [6.45, 7) is 3.60. The Hall–Kier alpha value is -2.87. The minimum Gasteiger partial charge on any atom is -0.348 e. The van der Waals surface area contributed by atoms with Crippen LogP contribution in [-0.4, -0.2) is 63.8 Å². The molecule has 31 heavy (non-hydrogen) atoms. The number of aryl methyl sites for hydroxylation is 1. The fraction of sp³-hybridized carbons (Fsp3) is 0.522. The van der Waals surface area contributed by atoms with Crippen molar-refractivity contribution in [1.82, 2.24) is 24.8 Å². The van der Waals surface area contributed by atoms with Crippen molar-refractivity contribution in [3.8, 4) is 0 Å². The summed E-state index contributed by atoms with van der Waals surface area (Å²) in [6.07, 6.45) is 5.90. The van der Waals surface area contributed by atoms with E-state index in [-0.39, 0.29) is 17.9 Å². The standard InChI is InChI=1S/C23H30N6O2/c1-16-18-10-11-20(30)29(14-17-8-4-6-12-24-17)23(18)26-22(25-16)19-9-5-7-13-28(19)15-21(31)27(2)3/h4,6,8,12,19H,5,7,9-11,13-15H2,1-3H3/t19-/m0/s1. The SMILES string of the molecule is Cc1nc([C@@H]2CCCCN2CC(=O)N(C)C)nc2c1CCC(=O)N2Cc1ccccn1. The van der Waals surface area contributed by atoms with E-state index in [1.54, 1.807) is 30.1 Å². The first kappa shape index (κ1) is 21.4. The van der Waals surface area contributed by atoms with E-state index < -0.39 is 0 Å². The van der Waals surface area contributed by atoms with E-state index in [2.05, 4.69) is 9.88 Å². The molecule has 2 amide bonds. The maximum Gasteiger partial charge on any atom is 0.236 e. The largest absolute Gasteiger partial charge is 0.348 e. The molecule has 164 valence electrons. The highest BCUT2D eigenvalue weighted by Crippen LogP contribution is 2.34. The zero-order chi connectivity index (χ0) is 22.0. The Bertz CT molecular complexity index is 962. The Morgan fingerprint density at radius 2 is 2.03 bits per heavy atom. The average Bonchev–Trinajstić information content (AvgIpc) is 2.76. The van der Waals surface area contributed by atoms with Gasteiger partial charge in [-0.05, 0) is 44.9 Å². The molecule has 1 fully saturated rings. The van der Waals surface area contributed by atoms with Gasteiger partial charge < -0.3 is 4.90 Å². The summed E-state index contributed by atoms with van der Waals surface area (Å²) >= 11 is 0. The summed E-state index contributed by atoms with van der Waals surface area (Å²) in [5, 5.41) is 0. The molecule has 2 aliphatic rings. The highest BCUT2D eigenvalue weighted by atomic mass is 16.2. The van der Waals surface area contributed by atoms with Crippen molar-refractivity contribution in [2.24, 2.45) is 0 Å². The fourth-order valence-corrected chi connectivity index (χ4v) is 4.36. The number of carbonyl (C=O) groups is 2. The van der Waals surface area contributed by atoms with Gasteiger partial charge >= 0.3 is 0 Å². The molecule has 0 N–H and O–H groups in total. The van der Waals surface area contributed by atoms with Crippen LogP contribution in [0.25, 0.3) is 0 Å². The van der Waals surface area contributed by atoms with Crippen molar-refractivity contribution in [2.45, 2.75) is 51.6 Å². The molecule has 8 heteroatoms. The fourth-order valence-electron chi connectivity index (χ4n) is 4.36. The van der Waals surface area contributed by atoms with Gasteiger partial charge in [0, 0.05) is 38.0 Å². The minimum absolute atomic E-state index is 0.0182. The predicted octanol–water partition coefficient (Wildman–Crippen LogP) is 2.27. The normalized spacial score (nSPS) is 19.3. The number of pyridine rings is 1. The van der Waals surface area contributed by atoms with Crippen molar-refractivity contribution < 1.29 is 9.59 Å². The number of nitrogens with zero attached hydrogens (tertiary/aromatic N) is 6. The van der Waals surface area contributed by atoms with Crippen molar-refractivity contribution in [2.75, 3.05) is 32.1 Å². The molecule has 2 aromatic rings. The van der Waals surface area contributed by atoms with Gasteiger partial charge in [0.1, 0.15) is 11.6 Å². The van der Waals surface area contributed by atoms with E-state index in [0.29, 0.717) is 37.6 Å². The lowest BCUT2D eigenvalue weighted by molar-refractivity contribution is -0.131. The molecule has 0 radical (unpaired) electrons. The first-order chi connectivity index (χ1) is 14.9. The second-order valence-electron chi connectivity index (χ2n) is 8.54. The van der Waals surface area contributed by atoms with Gasteiger partial charge in [0.25, 0.3) is 0 Å². The first-order valence-corrected chi connectivity index (χ1v) is 11.0. The quantitative estimate of drug-likeness (QED) is 0.735. The highest BCUT2D eigenvalue weighted by molar-refractivity contribution is 5.95. The molecule has 0 saturated carbocycles. The van der Waals surface area contributed by atoms with Crippen LogP contribution >= 0.6 is 0 Å². The molecule has 0 spiro atoms. The van der Waals surface area contributed by atoms with Crippen molar-refractivity contribution in [3.63, 3.8) is 0 Å². The van der Waals surface area contributed by atoms with Crippen LogP contribution in [0.15, 0.2) is 24.4 Å². The molecule has 0 aromatic carbocycles. The van der Waals surface area contributed by atoms with Crippen LogP contribution in [0.4, 0.5) is 5.82 Å². The van der Waals surface area contributed by atoms with E-state index in [1.165, 1.54) is 0 Å². The van der Waals surface area contributed by atoms with Gasteiger partial charge in [0.2, 0.25) is 11.8 Å². The monoisotopic (exact) mass is 422 g/mol. The number of rotatable bonds is 5. The third-order valence-corrected chi connectivity index (χ3v) is 6.15. The van der Waals surface area contributed by atoms with Crippen LogP contribution in [0.1, 0.15) is 54.5 Å². The summed E-state index contributed by atoms with van der Waals surface area (Å²) in [5.41, 5.74) is 2.78. The molecule has 1 atom stereocenters. The Morgan fingerprint density at radius 1 is 1.19 bits per heavy atom. The number of hydrogen-bond donors (Lipinski definition) is 0. The lowest BCUT2D eigenvalue weighted by Gasteiger charge is -2.36. The number of likely N-dealkylation sites (N-methyl/N-ethyl adjacent to an activating group) is 1. The minimum atomic E-state index is -0.0182. The number of hydrogen-bond acceptors (Lipinski definition) is 6. The van der Waals surface area contributed by atoms with Crippen molar-refractivity contribution in [1.29, 1.82) is 0 Å². The summed E-state index contributed by atoms with van der Waals surface area (Å²) in [7, 11) is 3.56. The van der Waals surface area contributed by atoms with Gasteiger partial charge in [-0.2, -0.15) is 0 Å². The van der Waals surface area contributed by atoms with E-state index in [4.69, 9.17) is 9.97 Å². The van der Waals surface area contributed by atoms with Gasteiger partial charge in [-0.25, -0.2) is 9.97 Å². The highest BCUT2D eigenvalue weighted by Gasteiger charge is 2.33. The van der Waals surface area contributed by atoms with E-state index >= 15 is 0 Å². The molecule has 0 aliphatic carbocycles. The predicted molar refractivity (Wildman–Crippen MR) is 117 cm³/mol. The summed E-state index contributed by atoms with van der Waals surface area (Å²) in [6, 6.07) is 5.70. The van der Waals surface area contributed by atoms with Crippen LogP contribution in [0, 0.1) is 6.92 Å². The second kappa shape index (κ2) is 9.09. The molecular formula is C23H30N6O2. The molecule has 0 unspecified atom stereocenters. The number of carbonyl (C=O) groups excluding carboxylic acids is 2. The lowest BCUT2D eigenvalue weighted by atomic mass is 9.99.